The van der Waals surface area contributed by atoms with E-state index in [4.69, 9.17) is 5.73 Å². The van der Waals surface area contributed by atoms with Crippen molar-refractivity contribution in [2.75, 3.05) is 6.54 Å². The number of alkyl halides is 3. The third-order valence-electron chi connectivity index (χ3n) is 2.26. The van der Waals surface area contributed by atoms with Gasteiger partial charge in [0.25, 0.3) is 0 Å². The molecule has 0 saturated carbocycles. The maximum Gasteiger partial charge on any atom is 0.573 e. The summed E-state index contributed by atoms with van der Waals surface area (Å²) >= 11 is 0. The molecule has 5 heteroatoms. The zero-order valence-electron chi connectivity index (χ0n) is 9.68. The van der Waals surface area contributed by atoms with E-state index in [0.29, 0.717) is 13.0 Å². The van der Waals surface area contributed by atoms with E-state index in [1.165, 1.54) is 12.1 Å². The summed E-state index contributed by atoms with van der Waals surface area (Å²) in [5.41, 5.74) is 6.97. The summed E-state index contributed by atoms with van der Waals surface area (Å²) in [4.78, 5) is 0. The average Bonchev–Trinajstić information content (AvgIpc) is 2.14. The number of hydrogen-bond acceptors (Lipinski definition) is 2. The Morgan fingerprint density at radius 1 is 1.18 bits per heavy atom. The van der Waals surface area contributed by atoms with Crippen LogP contribution in [0.2, 0.25) is 0 Å². The topological polar surface area (TPSA) is 35.2 Å². The molecule has 1 aromatic rings. The third-order valence-corrected chi connectivity index (χ3v) is 2.26. The van der Waals surface area contributed by atoms with Crippen LogP contribution in [0.25, 0.3) is 0 Å². The van der Waals surface area contributed by atoms with Gasteiger partial charge in [-0.05, 0) is 56.0 Å². The summed E-state index contributed by atoms with van der Waals surface area (Å²) in [6.45, 7) is 2.34. The second kappa shape index (κ2) is 5.91. The van der Waals surface area contributed by atoms with Gasteiger partial charge < -0.3 is 10.5 Å². The molecule has 0 amide bonds. The highest BCUT2D eigenvalue weighted by molar-refractivity contribution is 5.34. The summed E-state index contributed by atoms with van der Waals surface area (Å²) in [7, 11) is 0. The van der Waals surface area contributed by atoms with Gasteiger partial charge in [0, 0.05) is 0 Å². The molecule has 0 aliphatic carbocycles. The largest absolute Gasteiger partial charge is 0.573 e. The van der Waals surface area contributed by atoms with Crippen molar-refractivity contribution in [3.8, 4) is 5.75 Å². The lowest BCUT2D eigenvalue weighted by Gasteiger charge is -2.11. The van der Waals surface area contributed by atoms with Crippen molar-refractivity contribution in [2.45, 2.75) is 32.5 Å². The van der Waals surface area contributed by atoms with Crippen LogP contribution in [0.15, 0.2) is 18.2 Å². The molecular weight excluding hydrogens is 231 g/mol. The Bertz CT molecular complexity index is 363. The normalized spacial score (nSPS) is 11.6. The minimum Gasteiger partial charge on any atom is -0.406 e. The molecule has 0 unspecified atom stereocenters. The first-order valence-corrected chi connectivity index (χ1v) is 5.47. The molecular formula is C12H16F3NO. The minimum atomic E-state index is -4.64. The van der Waals surface area contributed by atoms with E-state index in [2.05, 4.69) is 4.74 Å². The SMILES string of the molecule is Cc1cc(CCCCN)cc(OC(F)(F)F)c1. The van der Waals surface area contributed by atoms with E-state index in [0.717, 1.165) is 24.0 Å². The van der Waals surface area contributed by atoms with Crippen molar-refractivity contribution in [2.24, 2.45) is 5.73 Å². The van der Waals surface area contributed by atoms with Gasteiger partial charge in [0.15, 0.2) is 0 Å². The van der Waals surface area contributed by atoms with Crippen LogP contribution < -0.4 is 10.5 Å². The molecule has 0 atom stereocenters. The van der Waals surface area contributed by atoms with Gasteiger partial charge in [0.2, 0.25) is 0 Å². The molecule has 0 saturated heterocycles. The van der Waals surface area contributed by atoms with Gasteiger partial charge in [-0.2, -0.15) is 0 Å². The highest BCUT2D eigenvalue weighted by atomic mass is 19.4. The summed E-state index contributed by atoms with van der Waals surface area (Å²) in [5, 5.41) is 0. The Hall–Kier alpha value is -1.23. The fourth-order valence-corrected chi connectivity index (χ4v) is 1.63. The molecule has 17 heavy (non-hydrogen) atoms. The molecule has 0 radical (unpaired) electrons. The van der Waals surface area contributed by atoms with Crippen molar-refractivity contribution in [1.29, 1.82) is 0 Å². The lowest BCUT2D eigenvalue weighted by atomic mass is 10.1. The van der Waals surface area contributed by atoms with Crippen LogP contribution in [0.4, 0.5) is 13.2 Å². The highest BCUT2D eigenvalue weighted by Crippen LogP contribution is 2.25. The van der Waals surface area contributed by atoms with Gasteiger partial charge in [-0.25, -0.2) is 0 Å². The molecule has 1 aromatic carbocycles. The summed E-state index contributed by atoms with van der Waals surface area (Å²) in [6.07, 6.45) is -2.19. The van der Waals surface area contributed by atoms with Gasteiger partial charge in [-0.1, -0.05) is 6.07 Å². The van der Waals surface area contributed by atoms with Crippen LogP contribution in [-0.2, 0) is 6.42 Å². The van der Waals surface area contributed by atoms with Gasteiger partial charge in [-0.3, -0.25) is 0 Å². The first kappa shape index (κ1) is 13.8. The second-order valence-electron chi connectivity index (χ2n) is 3.95. The fraction of sp³-hybridized carbons (Fsp3) is 0.500. The average molecular weight is 247 g/mol. The highest BCUT2D eigenvalue weighted by Gasteiger charge is 2.31. The van der Waals surface area contributed by atoms with Gasteiger partial charge >= 0.3 is 6.36 Å². The maximum absolute atomic E-state index is 12.1. The van der Waals surface area contributed by atoms with E-state index in [1.54, 1.807) is 6.92 Å². The fourth-order valence-electron chi connectivity index (χ4n) is 1.63. The van der Waals surface area contributed by atoms with Crippen LogP contribution in [0.5, 0.6) is 5.75 Å². The van der Waals surface area contributed by atoms with E-state index in [1.807, 2.05) is 6.07 Å². The smallest absolute Gasteiger partial charge is 0.406 e. The van der Waals surface area contributed by atoms with Crippen molar-refractivity contribution in [3.63, 3.8) is 0 Å². The first-order chi connectivity index (χ1) is 7.90. The van der Waals surface area contributed by atoms with Gasteiger partial charge in [-0.15, -0.1) is 13.2 Å². The molecule has 0 fully saturated rings. The molecule has 96 valence electrons. The molecule has 2 N–H and O–H groups in total. The number of nitrogens with two attached hydrogens (primary N) is 1. The Morgan fingerprint density at radius 2 is 1.88 bits per heavy atom. The van der Waals surface area contributed by atoms with Crippen molar-refractivity contribution in [3.05, 3.63) is 29.3 Å². The van der Waals surface area contributed by atoms with Crippen molar-refractivity contribution >= 4 is 0 Å². The Balaban J connectivity index is 2.72. The molecule has 0 heterocycles. The Labute approximate surface area is 98.6 Å². The molecule has 1 rings (SSSR count). The quantitative estimate of drug-likeness (QED) is 0.811. The predicted molar refractivity (Wildman–Crippen MR) is 59.9 cm³/mol. The second-order valence-corrected chi connectivity index (χ2v) is 3.95. The maximum atomic E-state index is 12.1. The monoisotopic (exact) mass is 247 g/mol. The molecule has 0 bridgehead atoms. The molecule has 0 spiro atoms. The molecule has 0 aromatic heterocycles. The zero-order valence-corrected chi connectivity index (χ0v) is 9.68. The first-order valence-electron chi connectivity index (χ1n) is 5.47. The molecule has 2 nitrogen and oxygen atoms in total. The predicted octanol–water partition coefficient (Wildman–Crippen LogP) is 3.18. The zero-order chi connectivity index (χ0) is 12.9. The number of benzene rings is 1. The number of rotatable bonds is 5. The summed E-state index contributed by atoms with van der Waals surface area (Å²) in [5.74, 6) is -0.153. The number of unbranched alkanes of at least 4 members (excludes halogenated alkanes) is 1. The Morgan fingerprint density at radius 3 is 2.47 bits per heavy atom. The van der Waals surface area contributed by atoms with Crippen LogP contribution in [0.1, 0.15) is 24.0 Å². The lowest BCUT2D eigenvalue weighted by Crippen LogP contribution is -2.17. The van der Waals surface area contributed by atoms with Gasteiger partial charge in [0.1, 0.15) is 5.75 Å². The van der Waals surface area contributed by atoms with E-state index in [9.17, 15) is 13.2 Å². The number of hydrogen-bond donors (Lipinski definition) is 1. The van der Waals surface area contributed by atoms with E-state index in [-0.39, 0.29) is 5.75 Å². The van der Waals surface area contributed by atoms with Crippen molar-refractivity contribution < 1.29 is 17.9 Å². The van der Waals surface area contributed by atoms with Crippen molar-refractivity contribution in [1.82, 2.24) is 0 Å². The Kier molecular flexibility index (Phi) is 4.81. The van der Waals surface area contributed by atoms with Crippen LogP contribution >= 0.6 is 0 Å². The third kappa shape index (κ3) is 5.58. The van der Waals surface area contributed by atoms with E-state index < -0.39 is 6.36 Å². The molecule has 0 aliphatic rings. The summed E-state index contributed by atoms with van der Waals surface area (Å²) < 4.78 is 40.1. The summed E-state index contributed by atoms with van der Waals surface area (Å²) in [6, 6.07) is 4.66. The van der Waals surface area contributed by atoms with Crippen LogP contribution in [0, 0.1) is 6.92 Å². The number of ether oxygens (including phenoxy) is 1. The minimum absolute atomic E-state index is 0.153. The number of halogens is 3. The van der Waals surface area contributed by atoms with Gasteiger partial charge in [0.05, 0.1) is 0 Å². The van der Waals surface area contributed by atoms with Crippen LogP contribution in [-0.4, -0.2) is 12.9 Å². The lowest BCUT2D eigenvalue weighted by molar-refractivity contribution is -0.274. The molecule has 0 aliphatic heterocycles. The standard InChI is InChI=1S/C12H16F3NO/c1-9-6-10(4-2-3-5-16)8-11(7-9)17-12(13,14)15/h6-8H,2-5,16H2,1H3. The van der Waals surface area contributed by atoms with Crippen LogP contribution in [0.3, 0.4) is 0 Å². The van der Waals surface area contributed by atoms with E-state index >= 15 is 0 Å². The number of aryl methyl sites for hydroxylation is 2.